The van der Waals surface area contributed by atoms with Crippen LogP contribution in [0, 0.1) is 12.8 Å². The molecule has 1 aliphatic heterocycles. The molecule has 1 saturated heterocycles. The summed E-state index contributed by atoms with van der Waals surface area (Å²) in [6, 6.07) is 7.07. The zero-order valence-electron chi connectivity index (χ0n) is 12.5. The van der Waals surface area contributed by atoms with Gasteiger partial charge in [0.25, 0.3) is 0 Å². The van der Waals surface area contributed by atoms with Crippen LogP contribution in [0.15, 0.2) is 18.2 Å². The van der Waals surface area contributed by atoms with Gasteiger partial charge in [0.05, 0.1) is 6.10 Å². The van der Waals surface area contributed by atoms with Crippen LogP contribution in [0.4, 0.5) is 0 Å². The Morgan fingerprint density at radius 1 is 1.42 bits per heavy atom. The number of ether oxygens (including phenoxy) is 1. The minimum atomic E-state index is 0.223. The number of nitrogens with zero attached hydrogens (tertiary/aromatic N) is 1. The molecule has 0 aliphatic carbocycles. The zero-order chi connectivity index (χ0) is 14.0. The summed E-state index contributed by atoms with van der Waals surface area (Å²) < 4.78 is 5.80. The van der Waals surface area contributed by atoms with E-state index >= 15 is 0 Å². The molecule has 1 aromatic carbocycles. The van der Waals surface area contributed by atoms with E-state index < -0.39 is 0 Å². The largest absolute Gasteiger partial charge is 0.491 e. The molecular weight excluding hydrogens is 236 g/mol. The van der Waals surface area contributed by atoms with Crippen molar-refractivity contribution < 1.29 is 4.74 Å². The quantitative estimate of drug-likeness (QED) is 0.906. The molecule has 2 N–H and O–H groups in total. The molecule has 0 radical (unpaired) electrons. The van der Waals surface area contributed by atoms with Crippen molar-refractivity contribution in [1.82, 2.24) is 4.90 Å². The van der Waals surface area contributed by atoms with E-state index in [4.69, 9.17) is 10.5 Å². The van der Waals surface area contributed by atoms with Crippen molar-refractivity contribution in [3.8, 4) is 5.75 Å². The van der Waals surface area contributed by atoms with Gasteiger partial charge in [-0.25, -0.2) is 0 Å². The summed E-state index contributed by atoms with van der Waals surface area (Å²) in [5.41, 5.74) is 8.40. The smallest absolute Gasteiger partial charge is 0.122 e. The maximum Gasteiger partial charge on any atom is 0.122 e. The lowest BCUT2D eigenvalue weighted by atomic mass is 9.98. The van der Waals surface area contributed by atoms with Crippen molar-refractivity contribution >= 4 is 0 Å². The van der Waals surface area contributed by atoms with Crippen LogP contribution in [0.5, 0.6) is 5.75 Å². The first-order valence-corrected chi connectivity index (χ1v) is 7.18. The summed E-state index contributed by atoms with van der Waals surface area (Å²) in [5, 5.41) is 0. The first-order valence-electron chi connectivity index (χ1n) is 7.18. The van der Waals surface area contributed by atoms with E-state index in [0.29, 0.717) is 12.0 Å². The van der Waals surface area contributed by atoms with E-state index in [0.717, 1.165) is 25.3 Å². The molecule has 1 aromatic rings. The Morgan fingerprint density at radius 3 is 2.68 bits per heavy atom. The van der Waals surface area contributed by atoms with Crippen molar-refractivity contribution in [2.75, 3.05) is 20.1 Å². The summed E-state index contributed by atoms with van der Waals surface area (Å²) in [4.78, 5) is 2.41. The Labute approximate surface area is 116 Å². The van der Waals surface area contributed by atoms with Crippen molar-refractivity contribution in [2.45, 2.75) is 39.3 Å². The molecular formula is C16H26N2O. The molecule has 0 amide bonds. The number of aryl methyl sites for hydroxylation is 1. The van der Waals surface area contributed by atoms with Crippen LogP contribution in [0.3, 0.4) is 0 Å². The predicted molar refractivity (Wildman–Crippen MR) is 79.5 cm³/mol. The molecule has 0 spiro atoms. The van der Waals surface area contributed by atoms with E-state index in [-0.39, 0.29) is 6.10 Å². The van der Waals surface area contributed by atoms with E-state index in [1.807, 2.05) is 0 Å². The molecule has 3 heteroatoms. The van der Waals surface area contributed by atoms with Gasteiger partial charge in [0.15, 0.2) is 0 Å². The van der Waals surface area contributed by atoms with Crippen LogP contribution in [-0.2, 0) is 0 Å². The Balaban J connectivity index is 2.16. The second-order valence-electron chi connectivity index (χ2n) is 5.98. The van der Waals surface area contributed by atoms with Gasteiger partial charge in [0, 0.05) is 12.6 Å². The average molecular weight is 262 g/mol. The van der Waals surface area contributed by atoms with Gasteiger partial charge in [0.1, 0.15) is 5.75 Å². The minimum Gasteiger partial charge on any atom is -0.491 e. The first-order chi connectivity index (χ1) is 9.01. The lowest BCUT2D eigenvalue weighted by Gasteiger charge is -2.21. The lowest BCUT2D eigenvalue weighted by molar-refractivity contribution is 0.240. The fourth-order valence-electron chi connectivity index (χ4n) is 2.93. The third kappa shape index (κ3) is 3.28. The SMILES string of the molecule is Cc1cc(C2CC(CN)CN2C)ccc1OC(C)C. The summed E-state index contributed by atoms with van der Waals surface area (Å²) in [5.74, 6) is 1.62. The molecule has 1 aliphatic rings. The van der Waals surface area contributed by atoms with Crippen LogP contribution in [0.1, 0.15) is 37.4 Å². The molecule has 19 heavy (non-hydrogen) atoms. The van der Waals surface area contributed by atoms with Gasteiger partial charge in [-0.2, -0.15) is 0 Å². The predicted octanol–water partition coefficient (Wildman–Crippen LogP) is 2.73. The number of hydrogen-bond acceptors (Lipinski definition) is 3. The van der Waals surface area contributed by atoms with Crippen LogP contribution >= 0.6 is 0 Å². The Bertz CT molecular complexity index is 431. The van der Waals surface area contributed by atoms with Gasteiger partial charge in [0.2, 0.25) is 0 Å². The number of hydrogen-bond donors (Lipinski definition) is 1. The molecule has 1 fully saturated rings. The fraction of sp³-hybridized carbons (Fsp3) is 0.625. The van der Waals surface area contributed by atoms with Crippen molar-refractivity contribution in [3.05, 3.63) is 29.3 Å². The molecule has 2 atom stereocenters. The molecule has 0 bridgehead atoms. The molecule has 0 saturated carbocycles. The molecule has 2 rings (SSSR count). The first kappa shape index (κ1) is 14.4. The maximum absolute atomic E-state index is 5.80. The van der Waals surface area contributed by atoms with Gasteiger partial charge < -0.3 is 10.5 Å². The van der Waals surface area contributed by atoms with Crippen LogP contribution in [0.25, 0.3) is 0 Å². The number of nitrogens with two attached hydrogens (primary N) is 1. The van der Waals surface area contributed by atoms with E-state index in [9.17, 15) is 0 Å². The molecule has 1 heterocycles. The van der Waals surface area contributed by atoms with Crippen LogP contribution < -0.4 is 10.5 Å². The van der Waals surface area contributed by atoms with Crippen molar-refractivity contribution in [3.63, 3.8) is 0 Å². The zero-order valence-corrected chi connectivity index (χ0v) is 12.5. The highest BCUT2D eigenvalue weighted by Crippen LogP contribution is 2.35. The molecule has 106 valence electrons. The average Bonchev–Trinajstić information content (AvgIpc) is 2.73. The third-order valence-corrected chi connectivity index (χ3v) is 3.91. The Hall–Kier alpha value is -1.06. The maximum atomic E-state index is 5.80. The van der Waals surface area contributed by atoms with E-state index in [1.54, 1.807) is 0 Å². The second kappa shape index (κ2) is 5.93. The third-order valence-electron chi connectivity index (χ3n) is 3.91. The highest BCUT2D eigenvalue weighted by Gasteiger charge is 2.29. The van der Waals surface area contributed by atoms with Gasteiger partial charge in [-0.3, -0.25) is 4.90 Å². The van der Waals surface area contributed by atoms with Crippen LogP contribution in [-0.4, -0.2) is 31.1 Å². The standard InChI is InChI=1S/C16H26N2O/c1-11(2)19-16-6-5-14(7-12(16)3)15-8-13(9-17)10-18(15)4/h5-7,11,13,15H,8-10,17H2,1-4H3. The highest BCUT2D eigenvalue weighted by molar-refractivity contribution is 5.38. The van der Waals surface area contributed by atoms with Crippen molar-refractivity contribution in [1.29, 1.82) is 0 Å². The van der Waals surface area contributed by atoms with Gasteiger partial charge in [-0.15, -0.1) is 0 Å². The number of benzene rings is 1. The summed E-state index contributed by atoms with van der Waals surface area (Å²) in [6.07, 6.45) is 1.39. The van der Waals surface area contributed by atoms with Gasteiger partial charge in [-0.1, -0.05) is 12.1 Å². The van der Waals surface area contributed by atoms with E-state index in [2.05, 4.69) is 50.9 Å². The Morgan fingerprint density at radius 2 is 2.16 bits per heavy atom. The molecule has 3 nitrogen and oxygen atoms in total. The van der Waals surface area contributed by atoms with Gasteiger partial charge in [-0.05, 0) is 63.9 Å². The van der Waals surface area contributed by atoms with Gasteiger partial charge >= 0.3 is 0 Å². The summed E-state index contributed by atoms with van der Waals surface area (Å²) >= 11 is 0. The Kier molecular flexibility index (Phi) is 4.48. The second-order valence-corrected chi connectivity index (χ2v) is 5.98. The summed E-state index contributed by atoms with van der Waals surface area (Å²) in [6.45, 7) is 8.13. The minimum absolute atomic E-state index is 0.223. The highest BCUT2D eigenvalue weighted by atomic mass is 16.5. The molecule has 0 aromatic heterocycles. The number of likely N-dealkylation sites (tertiary alicyclic amines) is 1. The topological polar surface area (TPSA) is 38.5 Å². The monoisotopic (exact) mass is 262 g/mol. The fourth-order valence-corrected chi connectivity index (χ4v) is 2.93. The lowest BCUT2D eigenvalue weighted by Crippen LogP contribution is -2.20. The number of rotatable bonds is 4. The summed E-state index contributed by atoms with van der Waals surface area (Å²) in [7, 11) is 2.19. The molecule has 2 unspecified atom stereocenters. The normalized spacial score (nSPS) is 24.1. The van der Waals surface area contributed by atoms with Crippen molar-refractivity contribution in [2.24, 2.45) is 11.7 Å². The van der Waals surface area contributed by atoms with E-state index in [1.165, 1.54) is 11.1 Å². The van der Waals surface area contributed by atoms with Crippen LogP contribution in [0.2, 0.25) is 0 Å².